The summed E-state index contributed by atoms with van der Waals surface area (Å²) >= 11 is 8.89. The van der Waals surface area contributed by atoms with Gasteiger partial charge in [0, 0.05) is 22.8 Å². The molecule has 28 heavy (non-hydrogen) atoms. The number of benzene rings is 1. The van der Waals surface area contributed by atoms with Crippen molar-refractivity contribution in [3.05, 3.63) is 51.2 Å². The summed E-state index contributed by atoms with van der Waals surface area (Å²) in [5, 5.41) is 8.41. The molecule has 1 amide bonds. The van der Waals surface area contributed by atoms with E-state index in [0.717, 1.165) is 15.6 Å². The zero-order chi connectivity index (χ0) is 19.9. The maximum atomic E-state index is 12.9. The minimum atomic E-state index is -3.55. The SMILES string of the molecule is Cc1c(S(=O)(=O)CN[C@H]2CCN(Cc3ccsc3)C2=O)sc2ccc(Cl)cc12. The van der Waals surface area contributed by atoms with E-state index in [1.54, 1.807) is 35.3 Å². The van der Waals surface area contributed by atoms with Crippen LogP contribution < -0.4 is 5.32 Å². The fourth-order valence-corrected chi connectivity index (χ4v) is 7.27. The van der Waals surface area contributed by atoms with E-state index in [0.29, 0.717) is 34.3 Å². The highest BCUT2D eigenvalue weighted by molar-refractivity contribution is 7.93. The third-order valence-corrected chi connectivity index (χ3v) is 9.37. The maximum Gasteiger partial charge on any atom is 0.240 e. The number of rotatable bonds is 6. The molecule has 1 aromatic carbocycles. The van der Waals surface area contributed by atoms with Crippen LogP contribution in [0.4, 0.5) is 0 Å². The lowest BCUT2D eigenvalue weighted by Gasteiger charge is -2.16. The Balaban J connectivity index is 1.46. The summed E-state index contributed by atoms with van der Waals surface area (Å²) in [5.74, 6) is -0.293. The molecule has 0 radical (unpaired) electrons. The number of aryl methyl sites for hydroxylation is 1. The van der Waals surface area contributed by atoms with E-state index in [2.05, 4.69) is 5.32 Å². The highest BCUT2D eigenvalue weighted by Gasteiger charge is 2.33. The number of fused-ring (bicyclic) bond motifs is 1. The predicted octanol–water partition coefficient (Wildman–Crippen LogP) is 4.05. The Morgan fingerprint density at radius 1 is 1.32 bits per heavy atom. The number of halogens is 1. The Kier molecular flexibility index (Phi) is 5.50. The number of carbonyl (C=O) groups excluding carboxylic acids is 1. The Morgan fingerprint density at radius 2 is 2.14 bits per heavy atom. The molecule has 0 aliphatic carbocycles. The summed E-state index contributed by atoms with van der Waals surface area (Å²) in [6.45, 7) is 3.00. The first-order chi connectivity index (χ1) is 13.3. The van der Waals surface area contributed by atoms with Crippen LogP contribution in [-0.2, 0) is 21.2 Å². The van der Waals surface area contributed by atoms with E-state index in [4.69, 9.17) is 11.6 Å². The summed E-state index contributed by atoms with van der Waals surface area (Å²) in [6, 6.07) is 6.92. The average Bonchev–Trinajstić information content (AvgIpc) is 3.36. The van der Waals surface area contributed by atoms with Gasteiger partial charge in [-0.25, -0.2) is 8.42 Å². The molecular formula is C19H19ClN2O3S3. The van der Waals surface area contributed by atoms with E-state index < -0.39 is 15.9 Å². The minimum Gasteiger partial charge on any atom is -0.337 e. The van der Waals surface area contributed by atoms with Gasteiger partial charge in [0.25, 0.3) is 0 Å². The molecule has 1 saturated heterocycles. The van der Waals surface area contributed by atoms with Crippen LogP contribution in [0.1, 0.15) is 17.5 Å². The quantitative estimate of drug-likeness (QED) is 0.610. The Labute approximate surface area is 176 Å². The van der Waals surface area contributed by atoms with Gasteiger partial charge < -0.3 is 4.90 Å². The fourth-order valence-electron chi connectivity index (χ4n) is 3.43. The van der Waals surface area contributed by atoms with Crippen molar-refractivity contribution in [1.29, 1.82) is 0 Å². The topological polar surface area (TPSA) is 66.5 Å². The molecule has 4 rings (SSSR count). The average molecular weight is 455 g/mol. The van der Waals surface area contributed by atoms with E-state index in [1.807, 2.05) is 22.9 Å². The smallest absolute Gasteiger partial charge is 0.240 e. The van der Waals surface area contributed by atoms with Gasteiger partial charge in [-0.1, -0.05) is 11.6 Å². The second-order valence-corrected chi connectivity index (χ2v) is 11.3. The zero-order valence-corrected chi connectivity index (χ0v) is 18.3. The van der Waals surface area contributed by atoms with Crippen LogP contribution in [-0.4, -0.2) is 37.7 Å². The van der Waals surface area contributed by atoms with Crippen molar-refractivity contribution in [2.24, 2.45) is 0 Å². The molecule has 1 aliphatic heterocycles. The molecule has 1 fully saturated rings. The van der Waals surface area contributed by atoms with Crippen molar-refractivity contribution in [3.8, 4) is 0 Å². The molecule has 1 atom stereocenters. The van der Waals surface area contributed by atoms with Gasteiger partial charge in [0.1, 0.15) is 10.1 Å². The fraction of sp³-hybridized carbons (Fsp3) is 0.316. The standard InChI is InChI=1S/C19H19ClN2O3S3/c1-12-15-8-14(20)2-3-17(15)27-19(12)28(24,25)11-21-16-4-6-22(18(16)23)9-13-5-7-26-10-13/h2-3,5,7-8,10,16,21H,4,6,9,11H2,1H3/t16-/m0/s1. The lowest BCUT2D eigenvalue weighted by Crippen LogP contribution is -2.40. The van der Waals surface area contributed by atoms with Crippen molar-refractivity contribution in [2.75, 3.05) is 12.4 Å². The van der Waals surface area contributed by atoms with Gasteiger partial charge in [-0.05, 0) is 64.9 Å². The van der Waals surface area contributed by atoms with E-state index in [1.165, 1.54) is 11.3 Å². The van der Waals surface area contributed by atoms with E-state index >= 15 is 0 Å². The summed E-state index contributed by atoms with van der Waals surface area (Å²) in [5.41, 5.74) is 1.81. The Hall–Kier alpha value is -1.45. The van der Waals surface area contributed by atoms with E-state index in [-0.39, 0.29) is 11.8 Å². The number of likely N-dealkylation sites (tertiary alicyclic amines) is 1. The molecule has 0 saturated carbocycles. The van der Waals surface area contributed by atoms with Crippen molar-refractivity contribution in [3.63, 3.8) is 0 Å². The largest absolute Gasteiger partial charge is 0.337 e. The number of thiophene rings is 2. The van der Waals surface area contributed by atoms with Gasteiger partial charge in [-0.15, -0.1) is 11.3 Å². The van der Waals surface area contributed by atoms with Crippen LogP contribution in [0.3, 0.4) is 0 Å². The molecule has 3 heterocycles. The normalized spacial score (nSPS) is 17.7. The van der Waals surface area contributed by atoms with Crippen LogP contribution in [0.25, 0.3) is 10.1 Å². The van der Waals surface area contributed by atoms with Gasteiger partial charge in [-0.2, -0.15) is 11.3 Å². The first kappa shape index (κ1) is 19.8. The summed E-state index contributed by atoms with van der Waals surface area (Å²) in [7, 11) is -3.55. The molecule has 148 valence electrons. The predicted molar refractivity (Wildman–Crippen MR) is 115 cm³/mol. The Morgan fingerprint density at radius 3 is 2.89 bits per heavy atom. The second kappa shape index (κ2) is 7.76. The maximum absolute atomic E-state index is 12.9. The van der Waals surface area contributed by atoms with Crippen LogP contribution in [0.5, 0.6) is 0 Å². The van der Waals surface area contributed by atoms with Crippen molar-refractivity contribution in [2.45, 2.75) is 30.1 Å². The van der Waals surface area contributed by atoms with Crippen LogP contribution >= 0.6 is 34.3 Å². The van der Waals surface area contributed by atoms with Gasteiger partial charge >= 0.3 is 0 Å². The molecule has 0 bridgehead atoms. The number of sulfone groups is 1. The molecule has 0 unspecified atom stereocenters. The molecule has 1 N–H and O–H groups in total. The molecule has 2 aromatic heterocycles. The Bertz CT molecular complexity index is 1120. The number of hydrogen-bond acceptors (Lipinski definition) is 6. The molecule has 9 heteroatoms. The second-order valence-electron chi connectivity index (χ2n) is 6.85. The molecule has 3 aromatic rings. The van der Waals surface area contributed by atoms with Gasteiger partial charge in [0.15, 0.2) is 0 Å². The van der Waals surface area contributed by atoms with Crippen LogP contribution in [0.15, 0.2) is 39.2 Å². The third-order valence-electron chi connectivity index (χ3n) is 4.91. The summed E-state index contributed by atoms with van der Waals surface area (Å²) < 4.78 is 27.0. The van der Waals surface area contributed by atoms with Gasteiger partial charge in [0.2, 0.25) is 15.7 Å². The van der Waals surface area contributed by atoms with Crippen molar-refractivity contribution < 1.29 is 13.2 Å². The summed E-state index contributed by atoms with van der Waals surface area (Å²) in [4.78, 5) is 14.4. The van der Waals surface area contributed by atoms with Gasteiger partial charge in [0.05, 0.1) is 6.04 Å². The molecule has 1 aliphatic rings. The van der Waals surface area contributed by atoms with E-state index in [9.17, 15) is 13.2 Å². The lowest BCUT2D eigenvalue weighted by atomic mass is 10.2. The third kappa shape index (κ3) is 3.84. The highest BCUT2D eigenvalue weighted by atomic mass is 35.5. The zero-order valence-electron chi connectivity index (χ0n) is 15.1. The first-order valence-corrected chi connectivity index (χ1v) is 12.6. The number of carbonyl (C=O) groups is 1. The highest BCUT2D eigenvalue weighted by Crippen LogP contribution is 2.36. The number of nitrogens with zero attached hydrogens (tertiary/aromatic N) is 1. The van der Waals surface area contributed by atoms with Crippen molar-refractivity contribution in [1.82, 2.24) is 10.2 Å². The number of nitrogens with one attached hydrogen (secondary N) is 1. The summed E-state index contributed by atoms with van der Waals surface area (Å²) in [6.07, 6.45) is 0.611. The monoisotopic (exact) mass is 454 g/mol. The van der Waals surface area contributed by atoms with Crippen molar-refractivity contribution >= 4 is 60.1 Å². The molecule has 5 nitrogen and oxygen atoms in total. The lowest BCUT2D eigenvalue weighted by molar-refractivity contribution is -0.129. The number of hydrogen-bond donors (Lipinski definition) is 1. The van der Waals surface area contributed by atoms with Crippen LogP contribution in [0, 0.1) is 6.92 Å². The minimum absolute atomic E-state index is 0.0405. The number of amides is 1. The molecule has 0 spiro atoms. The molecular weight excluding hydrogens is 436 g/mol. The first-order valence-electron chi connectivity index (χ1n) is 8.80. The van der Waals surface area contributed by atoms with Gasteiger partial charge in [-0.3, -0.25) is 10.1 Å². The van der Waals surface area contributed by atoms with Crippen LogP contribution in [0.2, 0.25) is 5.02 Å².